The average Bonchev–Trinajstić information content (AvgIpc) is 2.76. The van der Waals surface area contributed by atoms with Crippen LogP contribution in [0.1, 0.15) is 31.2 Å². The Balaban J connectivity index is 0.00000312. The molecule has 8 heteroatoms. The molecule has 0 radical (unpaired) electrons. The molecule has 1 aliphatic heterocycles. The topological polar surface area (TPSA) is 50.8 Å². The molecule has 1 aliphatic rings. The van der Waals surface area contributed by atoms with Gasteiger partial charge in [-0.3, -0.25) is 4.79 Å². The van der Waals surface area contributed by atoms with E-state index in [9.17, 15) is 13.6 Å². The number of hydrogen-bond acceptors (Lipinski definition) is 4. The van der Waals surface area contributed by atoms with E-state index in [2.05, 4.69) is 10.1 Å². The van der Waals surface area contributed by atoms with Crippen LogP contribution in [0.15, 0.2) is 18.2 Å². The Morgan fingerprint density at radius 3 is 2.76 bits per heavy atom. The molecule has 1 amide bonds. The summed E-state index contributed by atoms with van der Waals surface area (Å²) < 4.78 is 34.1. The fraction of sp³-hybridized carbons (Fsp3) is 0.588. The number of alkyl halides is 2. The van der Waals surface area contributed by atoms with Crippen LogP contribution in [-0.2, 0) is 11.3 Å². The van der Waals surface area contributed by atoms with Crippen molar-refractivity contribution >= 4 is 18.3 Å². The Morgan fingerprint density at radius 1 is 1.24 bits per heavy atom. The Labute approximate surface area is 153 Å². The maximum atomic E-state index is 12.3. The van der Waals surface area contributed by atoms with Crippen molar-refractivity contribution in [3.05, 3.63) is 23.8 Å². The number of rotatable bonds is 8. The molecule has 25 heavy (non-hydrogen) atoms. The van der Waals surface area contributed by atoms with E-state index in [1.165, 1.54) is 13.2 Å². The van der Waals surface area contributed by atoms with E-state index in [0.29, 0.717) is 26.1 Å². The van der Waals surface area contributed by atoms with Gasteiger partial charge in [0.25, 0.3) is 0 Å². The second-order valence-corrected chi connectivity index (χ2v) is 5.73. The average molecular weight is 379 g/mol. The highest BCUT2D eigenvalue weighted by Gasteiger charge is 2.15. The van der Waals surface area contributed by atoms with Gasteiger partial charge >= 0.3 is 6.61 Å². The maximum absolute atomic E-state index is 12.3. The molecule has 1 heterocycles. The molecular formula is C17H25ClF2N2O3. The van der Waals surface area contributed by atoms with Crippen molar-refractivity contribution in [2.24, 2.45) is 0 Å². The summed E-state index contributed by atoms with van der Waals surface area (Å²) in [7, 11) is 1.41. The van der Waals surface area contributed by atoms with Crippen molar-refractivity contribution < 1.29 is 23.0 Å². The second-order valence-electron chi connectivity index (χ2n) is 5.73. The molecule has 0 aliphatic carbocycles. The Kier molecular flexibility index (Phi) is 9.52. The third-order valence-electron chi connectivity index (χ3n) is 4.00. The zero-order valence-electron chi connectivity index (χ0n) is 14.3. The van der Waals surface area contributed by atoms with Gasteiger partial charge in [-0.15, -0.1) is 12.4 Å². The molecule has 0 aromatic heterocycles. The highest BCUT2D eigenvalue weighted by molar-refractivity contribution is 5.85. The van der Waals surface area contributed by atoms with Crippen molar-refractivity contribution in [1.29, 1.82) is 0 Å². The number of carbonyl (C=O) groups is 1. The minimum Gasteiger partial charge on any atom is -0.493 e. The summed E-state index contributed by atoms with van der Waals surface area (Å²) in [5.74, 6) is 0.521. The third kappa shape index (κ3) is 7.04. The molecule has 0 spiro atoms. The van der Waals surface area contributed by atoms with Gasteiger partial charge in [0.15, 0.2) is 11.5 Å². The lowest BCUT2D eigenvalue weighted by Crippen LogP contribution is -2.36. The number of amides is 1. The summed E-state index contributed by atoms with van der Waals surface area (Å²) in [4.78, 5) is 13.8. The SMILES string of the molecule is COc1cc(CNCCN2CCCCCC2=O)ccc1OC(F)F.Cl. The third-order valence-corrected chi connectivity index (χ3v) is 4.00. The number of halogens is 3. The van der Waals surface area contributed by atoms with Crippen molar-refractivity contribution in [3.63, 3.8) is 0 Å². The Bertz CT molecular complexity index is 547. The fourth-order valence-corrected chi connectivity index (χ4v) is 2.74. The van der Waals surface area contributed by atoms with Crippen LogP contribution in [0.2, 0.25) is 0 Å². The van der Waals surface area contributed by atoms with E-state index >= 15 is 0 Å². The summed E-state index contributed by atoms with van der Waals surface area (Å²) >= 11 is 0. The maximum Gasteiger partial charge on any atom is 0.387 e. The number of ether oxygens (including phenoxy) is 2. The van der Waals surface area contributed by atoms with Gasteiger partial charge in [-0.2, -0.15) is 8.78 Å². The number of hydrogen-bond donors (Lipinski definition) is 1. The summed E-state index contributed by atoms with van der Waals surface area (Å²) in [5, 5.41) is 3.26. The number of methoxy groups -OCH3 is 1. The Hall–Kier alpha value is -1.60. The fourth-order valence-electron chi connectivity index (χ4n) is 2.74. The first-order valence-electron chi connectivity index (χ1n) is 8.20. The highest BCUT2D eigenvalue weighted by atomic mass is 35.5. The van der Waals surface area contributed by atoms with E-state index < -0.39 is 6.61 Å². The number of carbonyl (C=O) groups excluding carboxylic acids is 1. The van der Waals surface area contributed by atoms with Gasteiger partial charge in [0.05, 0.1) is 7.11 Å². The van der Waals surface area contributed by atoms with Gasteiger partial charge in [0, 0.05) is 32.6 Å². The number of nitrogens with one attached hydrogen (secondary N) is 1. The van der Waals surface area contributed by atoms with E-state index in [0.717, 1.165) is 31.4 Å². The summed E-state index contributed by atoms with van der Waals surface area (Å²) in [5.41, 5.74) is 0.899. The molecule has 0 atom stereocenters. The van der Waals surface area contributed by atoms with Crippen LogP contribution in [0.25, 0.3) is 0 Å². The monoisotopic (exact) mass is 378 g/mol. The van der Waals surface area contributed by atoms with Crippen LogP contribution in [0.3, 0.4) is 0 Å². The lowest BCUT2D eigenvalue weighted by atomic mass is 10.2. The minimum atomic E-state index is -2.88. The largest absolute Gasteiger partial charge is 0.493 e. The first-order valence-corrected chi connectivity index (χ1v) is 8.20. The lowest BCUT2D eigenvalue weighted by molar-refractivity contribution is -0.130. The molecule has 5 nitrogen and oxygen atoms in total. The second kappa shape index (κ2) is 11.1. The Morgan fingerprint density at radius 2 is 2.04 bits per heavy atom. The summed E-state index contributed by atoms with van der Waals surface area (Å²) in [6.45, 7) is -0.123. The molecule has 0 saturated carbocycles. The first kappa shape index (κ1) is 21.4. The van der Waals surface area contributed by atoms with Gasteiger partial charge in [0.1, 0.15) is 0 Å². The molecular weight excluding hydrogens is 354 g/mol. The molecule has 1 aromatic rings. The van der Waals surface area contributed by atoms with Crippen LogP contribution in [0, 0.1) is 0 Å². The van der Waals surface area contributed by atoms with Gasteiger partial charge in [-0.25, -0.2) is 0 Å². The molecule has 1 fully saturated rings. The van der Waals surface area contributed by atoms with Crippen LogP contribution in [0.5, 0.6) is 11.5 Å². The molecule has 1 aromatic carbocycles. The molecule has 0 bridgehead atoms. The lowest BCUT2D eigenvalue weighted by Gasteiger charge is -2.20. The normalized spacial score (nSPS) is 14.9. The zero-order valence-corrected chi connectivity index (χ0v) is 15.1. The van der Waals surface area contributed by atoms with Crippen molar-refractivity contribution in [1.82, 2.24) is 10.2 Å². The predicted octanol–water partition coefficient (Wildman–Crippen LogP) is 3.21. The number of benzene rings is 1. The van der Waals surface area contributed by atoms with E-state index in [-0.39, 0.29) is 29.8 Å². The highest BCUT2D eigenvalue weighted by Crippen LogP contribution is 2.29. The summed E-state index contributed by atoms with van der Waals surface area (Å²) in [6, 6.07) is 4.85. The number of likely N-dealkylation sites (tertiary alicyclic amines) is 1. The minimum absolute atomic E-state index is 0. The first-order chi connectivity index (χ1) is 11.6. The van der Waals surface area contributed by atoms with Crippen molar-refractivity contribution in [2.75, 3.05) is 26.7 Å². The van der Waals surface area contributed by atoms with Crippen LogP contribution < -0.4 is 14.8 Å². The van der Waals surface area contributed by atoms with Crippen molar-refractivity contribution in [2.45, 2.75) is 38.8 Å². The van der Waals surface area contributed by atoms with Crippen molar-refractivity contribution in [3.8, 4) is 11.5 Å². The quantitative estimate of drug-likeness (QED) is 0.706. The molecule has 1 N–H and O–H groups in total. The van der Waals surface area contributed by atoms with E-state index in [1.807, 2.05) is 4.90 Å². The smallest absolute Gasteiger partial charge is 0.387 e. The molecule has 2 rings (SSSR count). The standard InChI is InChI=1S/C17H24F2N2O3.ClH/c1-23-15-11-13(6-7-14(15)24-17(18)19)12-20-8-10-21-9-4-2-3-5-16(21)22;/h6-7,11,17,20H,2-5,8-10,12H2,1H3;1H. The van der Waals surface area contributed by atoms with Gasteiger partial charge in [-0.05, 0) is 30.5 Å². The van der Waals surface area contributed by atoms with Gasteiger partial charge in [-0.1, -0.05) is 12.5 Å². The van der Waals surface area contributed by atoms with Crippen LogP contribution >= 0.6 is 12.4 Å². The van der Waals surface area contributed by atoms with Gasteiger partial charge < -0.3 is 19.7 Å². The molecule has 0 unspecified atom stereocenters. The van der Waals surface area contributed by atoms with E-state index in [1.54, 1.807) is 12.1 Å². The summed E-state index contributed by atoms with van der Waals surface area (Å²) in [6.07, 6.45) is 3.80. The van der Waals surface area contributed by atoms with Gasteiger partial charge in [0.2, 0.25) is 5.91 Å². The molecule has 142 valence electrons. The van der Waals surface area contributed by atoms with E-state index in [4.69, 9.17) is 4.74 Å². The number of nitrogens with zero attached hydrogens (tertiary/aromatic N) is 1. The zero-order chi connectivity index (χ0) is 17.4. The predicted molar refractivity (Wildman–Crippen MR) is 93.6 cm³/mol. The van der Waals surface area contributed by atoms with Crippen LogP contribution in [0.4, 0.5) is 8.78 Å². The van der Waals surface area contributed by atoms with Crippen LogP contribution in [-0.4, -0.2) is 44.2 Å². The molecule has 1 saturated heterocycles.